The molecule has 3 fully saturated rings. The third-order valence-corrected chi connectivity index (χ3v) is 5.61. The Bertz CT molecular complexity index is 335. The molecule has 0 aromatic heterocycles. The van der Waals surface area contributed by atoms with E-state index in [9.17, 15) is 4.79 Å². The van der Waals surface area contributed by atoms with Crippen molar-refractivity contribution in [2.75, 3.05) is 26.7 Å². The first-order valence-corrected chi connectivity index (χ1v) is 8.49. The molecule has 4 nitrogen and oxygen atoms in total. The number of rotatable bonds is 5. The fourth-order valence-electron chi connectivity index (χ4n) is 4.31. The molecule has 1 aliphatic heterocycles. The Balaban J connectivity index is 1.52. The van der Waals surface area contributed by atoms with Crippen molar-refractivity contribution < 1.29 is 4.79 Å². The fraction of sp³-hybridized carbons (Fsp3) is 0.938. The minimum Gasteiger partial charge on any atom is -0.324 e. The maximum atomic E-state index is 12.1. The molecule has 114 valence electrons. The van der Waals surface area contributed by atoms with Gasteiger partial charge >= 0.3 is 0 Å². The standard InChI is InChI=1S/C16H29N3O/c1-18(14-8-4-5-9-14)10-11-19-15(20)12-17-16(19)13-6-2-3-7-13/h13-14,16-17H,2-12H2,1H3. The third-order valence-electron chi connectivity index (χ3n) is 5.61. The smallest absolute Gasteiger partial charge is 0.237 e. The molecule has 0 aromatic carbocycles. The average molecular weight is 279 g/mol. The second-order valence-electron chi connectivity index (χ2n) is 6.88. The SMILES string of the molecule is CN(CCN1C(=O)CNC1C1CCCC1)C1CCCC1. The van der Waals surface area contributed by atoms with Crippen LogP contribution >= 0.6 is 0 Å². The molecular weight excluding hydrogens is 250 g/mol. The number of carbonyl (C=O) groups is 1. The number of hydrogen-bond donors (Lipinski definition) is 1. The molecule has 3 aliphatic rings. The molecular formula is C16H29N3O. The first-order chi connectivity index (χ1) is 9.75. The predicted octanol–water partition coefficient (Wildman–Crippen LogP) is 1.81. The molecule has 20 heavy (non-hydrogen) atoms. The Kier molecular flexibility index (Phi) is 4.61. The zero-order chi connectivity index (χ0) is 13.9. The Morgan fingerprint density at radius 3 is 2.50 bits per heavy atom. The Labute approximate surface area is 122 Å². The van der Waals surface area contributed by atoms with Crippen LogP contribution in [0, 0.1) is 5.92 Å². The highest BCUT2D eigenvalue weighted by Crippen LogP contribution is 2.31. The van der Waals surface area contributed by atoms with Gasteiger partial charge in [0, 0.05) is 19.1 Å². The average Bonchev–Trinajstić information content (AvgIpc) is 3.18. The van der Waals surface area contributed by atoms with Gasteiger partial charge in [0.25, 0.3) is 0 Å². The van der Waals surface area contributed by atoms with Crippen LogP contribution in [-0.4, -0.2) is 54.6 Å². The molecule has 2 saturated carbocycles. The molecule has 2 aliphatic carbocycles. The Hall–Kier alpha value is -0.610. The van der Waals surface area contributed by atoms with E-state index in [-0.39, 0.29) is 0 Å². The summed E-state index contributed by atoms with van der Waals surface area (Å²) in [5, 5.41) is 3.45. The second-order valence-corrected chi connectivity index (χ2v) is 6.88. The van der Waals surface area contributed by atoms with Crippen LogP contribution in [0.5, 0.6) is 0 Å². The van der Waals surface area contributed by atoms with Gasteiger partial charge in [0.15, 0.2) is 0 Å². The highest BCUT2D eigenvalue weighted by molar-refractivity contribution is 5.80. The van der Waals surface area contributed by atoms with E-state index in [1.807, 2.05) is 0 Å². The minimum absolute atomic E-state index is 0.307. The van der Waals surface area contributed by atoms with E-state index in [1.54, 1.807) is 0 Å². The summed E-state index contributed by atoms with van der Waals surface area (Å²) >= 11 is 0. The Morgan fingerprint density at radius 2 is 1.80 bits per heavy atom. The maximum absolute atomic E-state index is 12.1. The van der Waals surface area contributed by atoms with Gasteiger partial charge in [-0.25, -0.2) is 0 Å². The predicted molar refractivity (Wildman–Crippen MR) is 80.3 cm³/mol. The molecule has 1 amide bonds. The van der Waals surface area contributed by atoms with Crippen LogP contribution in [-0.2, 0) is 4.79 Å². The summed E-state index contributed by atoms with van der Waals surface area (Å²) in [4.78, 5) is 16.7. The summed E-state index contributed by atoms with van der Waals surface area (Å²) in [6.45, 7) is 2.48. The van der Waals surface area contributed by atoms with Gasteiger partial charge in [-0.15, -0.1) is 0 Å². The summed E-state index contributed by atoms with van der Waals surface area (Å²) in [5.74, 6) is 1.000. The van der Waals surface area contributed by atoms with E-state index in [4.69, 9.17) is 0 Å². The van der Waals surface area contributed by atoms with Crippen LogP contribution in [0.25, 0.3) is 0 Å². The zero-order valence-corrected chi connectivity index (χ0v) is 12.8. The van der Waals surface area contributed by atoms with Crippen molar-refractivity contribution in [2.24, 2.45) is 5.92 Å². The van der Waals surface area contributed by atoms with Crippen LogP contribution in [0.2, 0.25) is 0 Å². The lowest BCUT2D eigenvalue weighted by molar-refractivity contribution is -0.128. The van der Waals surface area contributed by atoms with Crippen molar-refractivity contribution in [3.05, 3.63) is 0 Å². The molecule has 4 heteroatoms. The van der Waals surface area contributed by atoms with Crippen LogP contribution < -0.4 is 5.32 Å². The van der Waals surface area contributed by atoms with Crippen molar-refractivity contribution in [1.29, 1.82) is 0 Å². The summed E-state index contributed by atoms with van der Waals surface area (Å²) < 4.78 is 0. The quantitative estimate of drug-likeness (QED) is 0.833. The lowest BCUT2D eigenvalue weighted by atomic mass is 10.0. The highest BCUT2D eigenvalue weighted by Gasteiger charge is 2.37. The van der Waals surface area contributed by atoms with Crippen molar-refractivity contribution >= 4 is 5.91 Å². The van der Waals surface area contributed by atoms with Crippen molar-refractivity contribution in [3.63, 3.8) is 0 Å². The number of nitrogens with one attached hydrogen (secondary N) is 1. The third kappa shape index (κ3) is 3.01. The number of amides is 1. The molecule has 0 spiro atoms. The normalized spacial score (nSPS) is 29.2. The van der Waals surface area contributed by atoms with Crippen molar-refractivity contribution in [2.45, 2.75) is 63.6 Å². The summed E-state index contributed by atoms with van der Waals surface area (Å²) in [7, 11) is 2.23. The number of carbonyl (C=O) groups excluding carboxylic acids is 1. The monoisotopic (exact) mass is 279 g/mol. The summed E-state index contributed by atoms with van der Waals surface area (Å²) in [5.41, 5.74) is 0. The first kappa shape index (κ1) is 14.3. The number of hydrogen-bond acceptors (Lipinski definition) is 3. The molecule has 0 bridgehead atoms. The minimum atomic E-state index is 0.307. The topological polar surface area (TPSA) is 35.6 Å². The molecule has 0 radical (unpaired) electrons. The molecule has 1 heterocycles. The van der Waals surface area contributed by atoms with Crippen LogP contribution in [0.1, 0.15) is 51.4 Å². The van der Waals surface area contributed by atoms with Gasteiger partial charge < -0.3 is 9.80 Å². The van der Waals surface area contributed by atoms with Crippen molar-refractivity contribution in [3.8, 4) is 0 Å². The van der Waals surface area contributed by atoms with Gasteiger partial charge in [-0.2, -0.15) is 0 Å². The lowest BCUT2D eigenvalue weighted by Gasteiger charge is -2.32. The van der Waals surface area contributed by atoms with Gasteiger partial charge in [-0.1, -0.05) is 25.7 Å². The molecule has 1 saturated heterocycles. The van der Waals surface area contributed by atoms with Crippen LogP contribution in [0.4, 0.5) is 0 Å². The van der Waals surface area contributed by atoms with E-state index >= 15 is 0 Å². The van der Waals surface area contributed by atoms with Crippen LogP contribution in [0.3, 0.4) is 0 Å². The summed E-state index contributed by atoms with van der Waals surface area (Å²) in [6.07, 6.45) is 11.0. The van der Waals surface area contributed by atoms with E-state index in [0.29, 0.717) is 24.5 Å². The first-order valence-electron chi connectivity index (χ1n) is 8.49. The number of nitrogens with zero attached hydrogens (tertiary/aromatic N) is 2. The molecule has 3 rings (SSSR count). The second kappa shape index (κ2) is 6.44. The molecule has 1 atom stereocenters. The Morgan fingerprint density at radius 1 is 1.15 bits per heavy atom. The number of likely N-dealkylation sites (N-methyl/N-ethyl adjacent to an activating group) is 1. The van der Waals surface area contributed by atoms with E-state index in [2.05, 4.69) is 22.2 Å². The van der Waals surface area contributed by atoms with Crippen LogP contribution in [0.15, 0.2) is 0 Å². The van der Waals surface area contributed by atoms with Gasteiger partial charge in [0.1, 0.15) is 0 Å². The van der Waals surface area contributed by atoms with Gasteiger partial charge in [0.05, 0.1) is 12.7 Å². The van der Waals surface area contributed by atoms with Gasteiger partial charge in [0.2, 0.25) is 5.91 Å². The van der Waals surface area contributed by atoms with Crippen molar-refractivity contribution in [1.82, 2.24) is 15.1 Å². The fourth-order valence-corrected chi connectivity index (χ4v) is 4.31. The van der Waals surface area contributed by atoms with Gasteiger partial charge in [-0.3, -0.25) is 10.1 Å². The van der Waals surface area contributed by atoms with Gasteiger partial charge in [-0.05, 0) is 38.6 Å². The zero-order valence-electron chi connectivity index (χ0n) is 12.8. The molecule has 1 unspecified atom stereocenters. The maximum Gasteiger partial charge on any atom is 0.237 e. The van der Waals surface area contributed by atoms with E-state index in [1.165, 1.54) is 51.4 Å². The molecule has 1 N–H and O–H groups in total. The molecule has 0 aromatic rings. The van der Waals surface area contributed by atoms with E-state index < -0.39 is 0 Å². The van der Waals surface area contributed by atoms with E-state index in [0.717, 1.165) is 19.1 Å². The largest absolute Gasteiger partial charge is 0.324 e. The highest BCUT2D eigenvalue weighted by atomic mass is 16.2. The summed E-state index contributed by atoms with van der Waals surface area (Å²) in [6, 6.07) is 0.755. The lowest BCUT2D eigenvalue weighted by Crippen LogP contribution is -2.46.